The minimum absolute atomic E-state index is 0.0332. The molecule has 1 N–H and O–H groups in total. The number of carbonyl (C=O) groups excluding carboxylic acids is 1. The summed E-state index contributed by atoms with van der Waals surface area (Å²) in [5.74, 6) is -0.139. The highest BCUT2D eigenvalue weighted by molar-refractivity contribution is 5.91. The van der Waals surface area contributed by atoms with Crippen molar-refractivity contribution in [3.63, 3.8) is 0 Å². The second-order valence-corrected chi connectivity index (χ2v) is 6.39. The Morgan fingerprint density at radius 3 is 2.44 bits per heavy atom. The largest absolute Gasteiger partial charge is 0.367 e. The van der Waals surface area contributed by atoms with Gasteiger partial charge in [0.05, 0.1) is 5.69 Å². The molecule has 0 unspecified atom stereocenters. The molecular weight excluding hydrogens is 317 g/mol. The average molecular weight is 341 g/mol. The van der Waals surface area contributed by atoms with Crippen LogP contribution in [0.2, 0.25) is 0 Å². The number of aryl methyl sites for hydroxylation is 1. The third-order valence-corrected chi connectivity index (χ3v) is 4.64. The lowest BCUT2D eigenvalue weighted by Crippen LogP contribution is -2.47. The van der Waals surface area contributed by atoms with Crippen molar-refractivity contribution in [2.24, 2.45) is 0 Å². The van der Waals surface area contributed by atoms with Crippen LogP contribution in [0.25, 0.3) is 0 Å². The molecule has 1 saturated heterocycles. The van der Waals surface area contributed by atoms with Crippen LogP contribution in [-0.4, -0.2) is 43.5 Å². The lowest BCUT2D eigenvalue weighted by Gasteiger charge is -2.36. The first kappa shape index (κ1) is 17.4. The van der Waals surface area contributed by atoms with Crippen molar-refractivity contribution in [3.8, 4) is 0 Å². The number of para-hydroxylation sites is 2. The predicted octanol–water partition coefficient (Wildman–Crippen LogP) is 3.28. The monoisotopic (exact) mass is 341 g/mol. The summed E-state index contributed by atoms with van der Waals surface area (Å²) in [6.45, 7) is 5.94. The van der Waals surface area contributed by atoms with Crippen LogP contribution in [0, 0.1) is 12.7 Å². The zero-order valence-corrected chi connectivity index (χ0v) is 14.5. The summed E-state index contributed by atoms with van der Waals surface area (Å²) in [7, 11) is 0. The molecule has 25 heavy (non-hydrogen) atoms. The van der Waals surface area contributed by atoms with Gasteiger partial charge in [0.1, 0.15) is 5.82 Å². The van der Waals surface area contributed by atoms with E-state index >= 15 is 0 Å². The molecule has 1 aliphatic heterocycles. The fraction of sp³-hybridized carbons (Fsp3) is 0.350. The number of carbonyl (C=O) groups is 1. The molecule has 0 aliphatic carbocycles. The molecule has 0 aromatic heterocycles. The molecule has 4 nitrogen and oxygen atoms in total. The molecule has 0 spiro atoms. The van der Waals surface area contributed by atoms with E-state index in [0.717, 1.165) is 44.0 Å². The van der Waals surface area contributed by atoms with Gasteiger partial charge in [0.25, 0.3) is 0 Å². The molecule has 0 radical (unpaired) electrons. The van der Waals surface area contributed by atoms with E-state index in [2.05, 4.69) is 15.1 Å². The minimum atomic E-state index is -0.173. The molecule has 2 aromatic carbocycles. The molecule has 3 rings (SSSR count). The maximum atomic E-state index is 13.9. The molecule has 1 aliphatic rings. The first-order chi connectivity index (χ1) is 12.1. The number of rotatable bonds is 5. The fourth-order valence-corrected chi connectivity index (χ4v) is 3.11. The summed E-state index contributed by atoms with van der Waals surface area (Å²) < 4.78 is 13.9. The maximum absolute atomic E-state index is 13.9. The van der Waals surface area contributed by atoms with Crippen LogP contribution in [0.15, 0.2) is 48.5 Å². The third kappa shape index (κ3) is 4.57. The van der Waals surface area contributed by atoms with Crippen molar-refractivity contribution in [2.75, 3.05) is 42.9 Å². The fourth-order valence-electron chi connectivity index (χ4n) is 3.11. The van der Waals surface area contributed by atoms with Gasteiger partial charge in [-0.25, -0.2) is 4.39 Å². The molecule has 0 atom stereocenters. The number of piperazine rings is 1. The molecule has 1 heterocycles. The summed E-state index contributed by atoms with van der Waals surface area (Å²) in [5.41, 5.74) is 2.60. The second kappa shape index (κ2) is 8.12. The lowest BCUT2D eigenvalue weighted by atomic mass is 10.2. The van der Waals surface area contributed by atoms with Crippen LogP contribution in [0.4, 0.5) is 15.8 Å². The van der Waals surface area contributed by atoms with Crippen molar-refractivity contribution in [2.45, 2.75) is 13.3 Å². The van der Waals surface area contributed by atoms with Gasteiger partial charge in [0, 0.05) is 44.8 Å². The Morgan fingerprint density at radius 1 is 1.04 bits per heavy atom. The number of halogens is 1. The molecule has 132 valence electrons. The highest BCUT2D eigenvalue weighted by Gasteiger charge is 2.19. The Kier molecular flexibility index (Phi) is 5.66. The normalized spacial score (nSPS) is 15.2. The molecule has 5 heteroatoms. The predicted molar refractivity (Wildman–Crippen MR) is 99.5 cm³/mol. The van der Waals surface area contributed by atoms with E-state index in [4.69, 9.17) is 0 Å². The summed E-state index contributed by atoms with van der Waals surface area (Å²) in [6.07, 6.45) is 0.466. The van der Waals surface area contributed by atoms with Crippen LogP contribution >= 0.6 is 0 Å². The smallest absolute Gasteiger partial charge is 0.225 e. The number of amides is 1. The summed E-state index contributed by atoms with van der Waals surface area (Å²) >= 11 is 0. The molecule has 0 saturated carbocycles. The second-order valence-electron chi connectivity index (χ2n) is 6.39. The van der Waals surface area contributed by atoms with Gasteiger partial charge in [-0.2, -0.15) is 0 Å². The quantitative estimate of drug-likeness (QED) is 0.906. The zero-order chi connectivity index (χ0) is 17.6. The van der Waals surface area contributed by atoms with E-state index < -0.39 is 0 Å². The van der Waals surface area contributed by atoms with E-state index in [9.17, 15) is 9.18 Å². The highest BCUT2D eigenvalue weighted by atomic mass is 19.1. The van der Waals surface area contributed by atoms with Crippen LogP contribution in [-0.2, 0) is 4.79 Å². The van der Waals surface area contributed by atoms with Gasteiger partial charge in [-0.1, -0.05) is 30.3 Å². The Labute approximate surface area is 148 Å². The summed E-state index contributed by atoms with van der Waals surface area (Å²) in [5, 5.41) is 2.97. The lowest BCUT2D eigenvalue weighted by molar-refractivity contribution is -0.116. The van der Waals surface area contributed by atoms with E-state index in [1.807, 2.05) is 43.3 Å². The Hall–Kier alpha value is -2.40. The van der Waals surface area contributed by atoms with E-state index in [1.165, 1.54) is 6.07 Å². The molecule has 1 fully saturated rings. The Bertz CT molecular complexity index is 726. The molecule has 2 aromatic rings. The summed E-state index contributed by atoms with van der Waals surface area (Å²) in [4.78, 5) is 16.5. The van der Waals surface area contributed by atoms with Crippen LogP contribution in [0.1, 0.15) is 12.0 Å². The van der Waals surface area contributed by atoms with Crippen LogP contribution < -0.4 is 10.2 Å². The van der Waals surface area contributed by atoms with Gasteiger partial charge in [-0.05, 0) is 30.7 Å². The minimum Gasteiger partial charge on any atom is -0.367 e. The van der Waals surface area contributed by atoms with E-state index in [0.29, 0.717) is 12.1 Å². The van der Waals surface area contributed by atoms with Gasteiger partial charge in [-0.3, -0.25) is 9.69 Å². The van der Waals surface area contributed by atoms with Crippen molar-refractivity contribution < 1.29 is 9.18 Å². The first-order valence-electron chi connectivity index (χ1n) is 8.71. The van der Waals surface area contributed by atoms with Gasteiger partial charge in [-0.15, -0.1) is 0 Å². The van der Waals surface area contributed by atoms with Gasteiger partial charge >= 0.3 is 0 Å². The Balaban J connectivity index is 1.44. The topological polar surface area (TPSA) is 35.6 Å². The van der Waals surface area contributed by atoms with Crippen molar-refractivity contribution in [3.05, 3.63) is 59.9 Å². The van der Waals surface area contributed by atoms with Crippen molar-refractivity contribution in [1.82, 2.24) is 4.90 Å². The molecule has 0 bridgehead atoms. The average Bonchev–Trinajstić information content (AvgIpc) is 2.63. The number of anilines is 2. The molecular formula is C20H24FN3O. The number of benzene rings is 2. The van der Waals surface area contributed by atoms with Gasteiger partial charge < -0.3 is 10.2 Å². The number of hydrogen-bond donors (Lipinski definition) is 1. The SMILES string of the molecule is Cc1ccccc1NC(=O)CCN1CCN(c2ccccc2F)CC1. The van der Waals surface area contributed by atoms with Crippen LogP contribution in [0.5, 0.6) is 0 Å². The van der Waals surface area contributed by atoms with E-state index in [-0.39, 0.29) is 11.7 Å². The first-order valence-corrected chi connectivity index (χ1v) is 8.71. The van der Waals surface area contributed by atoms with Crippen LogP contribution in [0.3, 0.4) is 0 Å². The Morgan fingerprint density at radius 2 is 1.72 bits per heavy atom. The number of nitrogens with zero attached hydrogens (tertiary/aromatic N) is 2. The maximum Gasteiger partial charge on any atom is 0.225 e. The third-order valence-electron chi connectivity index (χ3n) is 4.64. The van der Waals surface area contributed by atoms with Crippen molar-refractivity contribution >= 4 is 17.3 Å². The van der Waals surface area contributed by atoms with E-state index in [1.54, 1.807) is 6.07 Å². The zero-order valence-electron chi connectivity index (χ0n) is 14.5. The van der Waals surface area contributed by atoms with Gasteiger partial charge in [0.2, 0.25) is 5.91 Å². The number of hydrogen-bond acceptors (Lipinski definition) is 3. The van der Waals surface area contributed by atoms with Crippen molar-refractivity contribution in [1.29, 1.82) is 0 Å². The highest BCUT2D eigenvalue weighted by Crippen LogP contribution is 2.20. The standard InChI is InChI=1S/C20H24FN3O/c1-16-6-2-4-8-18(16)22-20(25)10-11-23-12-14-24(15-13-23)19-9-5-3-7-17(19)21/h2-9H,10-15H2,1H3,(H,22,25). The molecule has 1 amide bonds. The van der Waals surface area contributed by atoms with Gasteiger partial charge in [0.15, 0.2) is 0 Å². The number of nitrogens with one attached hydrogen (secondary N) is 1. The summed E-state index contributed by atoms with van der Waals surface area (Å²) in [6, 6.07) is 14.7.